The number of hydrogen-bond acceptors (Lipinski definition) is 4. The van der Waals surface area contributed by atoms with Gasteiger partial charge in [-0.3, -0.25) is 0 Å². The zero-order valence-electron chi connectivity index (χ0n) is 10.7. The molecule has 0 aliphatic heterocycles. The zero-order chi connectivity index (χ0) is 15.5. The van der Waals surface area contributed by atoms with E-state index < -0.39 is 24.0 Å². The van der Waals surface area contributed by atoms with E-state index in [4.69, 9.17) is 11.6 Å². The molecule has 0 aliphatic rings. The van der Waals surface area contributed by atoms with Crippen LogP contribution in [0.4, 0.5) is 0 Å². The van der Waals surface area contributed by atoms with E-state index in [0.29, 0.717) is 5.41 Å². The Labute approximate surface area is 128 Å². The maximum Gasteiger partial charge on any atom is 0.218 e. The Bertz CT molecular complexity index is 856. The van der Waals surface area contributed by atoms with Crippen LogP contribution in [0.2, 0.25) is 0 Å². The third kappa shape index (κ3) is 3.53. The molecule has 110 valence electrons. The lowest BCUT2D eigenvalue weighted by molar-refractivity contribution is 0.600. The fraction of sp³-hybridized carbons (Fsp3) is 0. The van der Waals surface area contributed by atoms with E-state index in [1.807, 2.05) is 0 Å². The van der Waals surface area contributed by atoms with Gasteiger partial charge in [0, 0.05) is 0 Å². The highest BCUT2D eigenvalue weighted by Crippen LogP contribution is 2.24. The van der Waals surface area contributed by atoms with Crippen LogP contribution in [-0.4, -0.2) is 16.8 Å². The minimum atomic E-state index is -4.03. The molecular weight excluding hydrogens is 332 g/mol. The summed E-state index contributed by atoms with van der Waals surface area (Å²) in [6.45, 7) is 0. The Morgan fingerprint density at radius 1 is 0.762 bits per heavy atom. The van der Waals surface area contributed by atoms with Crippen molar-refractivity contribution in [3.8, 4) is 0 Å². The van der Waals surface area contributed by atoms with Crippen molar-refractivity contribution in [2.75, 3.05) is 0 Å². The minimum Gasteiger partial charge on any atom is -0.219 e. The maximum absolute atomic E-state index is 12.2. The van der Waals surface area contributed by atoms with E-state index in [0.717, 1.165) is 0 Å². The highest BCUT2D eigenvalue weighted by atomic mass is 35.5. The summed E-state index contributed by atoms with van der Waals surface area (Å²) in [6, 6.07) is 14.9. The molecule has 0 bridgehead atoms. The van der Waals surface area contributed by atoms with Gasteiger partial charge in [0.15, 0.2) is 0 Å². The highest BCUT2D eigenvalue weighted by Gasteiger charge is 2.22. The summed E-state index contributed by atoms with van der Waals surface area (Å²) in [5.74, 6) is 0. The van der Waals surface area contributed by atoms with Gasteiger partial charge in [-0.2, -0.15) is 0 Å². The van der Waals surface area contributed by atoms with Crippen molar-refractivity contribution in [1.29, 1.82) is 0 Å². The van der Waals surface area contributed by atoms with Crippen molar-refractivity contribution >= 4 is 31.3 Å². The quantitative estimate of drug-likeness (QED) is 0.856. The van der Waals surface area contributed by atoms with Crippen LogP contribution in [0.25, 0.3) is 0 Å². The van der Waals surface area contributed by atoms with E-state index in [9.17, 15) is 16.8 Å². The number of benzene rings is 2. The summed E-state index contributed by atoms with van der Waals surface area (Å²) in [7, 11) is -7.96. The third-order valence-electron chi connectivity index (χ3n) is 2.63. The molecule has 2 aromatic carbocycles. The molecule has 0 radical (unpaired) electrons. The molecule has 2 rings (SSSR count). The predicted octanol–water partition coefficient (Wildman–Crippen LogP) is 2.97. The summed E-state index contributed by atoms with van der Waals surface area (Å²) in [5, 5.41) is 0.562. The Balaban J connectivity index is 2.47. The standard InChI is InChI=1S/C14H11ClO4S2/c15-14(21(18,19)13-9-5-2-6-10-13)11-20(16,17)12-7-3-1-4-8-12/h1-11H/b14-11+. The van der Waals surface area contributed by atoms with Crippen LogP contribution in [0.1, 0.15) is 0 Å². The van der Waals surface area contributed by atoms with Crippen LogP contribution in [0.15, 0.2) is 80.2 Å². The van der Waals surface area contributed by atoms with Crippen molar-refractivity contribution in [3.05, 3.63) is 70.4 Å². The van der Waals surface area contributed by atoms with Crippen LogP contribution >= 0.6 is 11.6 Å². The first-order valence-corrected chi connectivity index (χ1v) is 9.22. The van der Waals surface area contributed by atoms with E-state index in [1.165, 1.54) is 36.4 Å². The molecule has 0 aliphatic carbocycles. The van der Waals surface area contributed by atoms with Crippen molar-refractivity contribution in [2.45, 2.75) is 9.79 Å². The van der Waals surface area contributed by atoms with Gasteiger partial charge >= 0.3 is 0 Å². The van der Waals surface area contributed by atoms with Crippen LogP contribution in [0.5, 0.6) is 0 Å². The molecule has 0 heterocycles. The molecule has 0 N–H and O–H groups in total. The molecule has 0 saturated heterocycles. The van der Waals surface area contributed by atoms with Gasteiger partial charge in [-0.15, -0.1) is 0 Å². The van der Waals surface area contributed by atoms with E-state index in [2.05, 4.69) is 0 Å². The number of rotatable bonds is 4. The first kappa shape index (κ1) is 15.8. The molecule has 2 aromatic rings. The van der Waals surface area contributed by atoms with Crippen molar-refractivity contribution < 1.29 is 16.8 Å². The molecule has 0 spiro atoms. The molecule has 0 fully saturated rings. The Morgan fingerprint density at radius 2 is 1.19 bits per heavy atom. The Kier molecular flexibility index (Phi) is 4.51. The van der Waals surface area contributed by atoms with Crippen molar-refractivity contribution in [3.63, 3.8) is 0 Å². The average molecular weight is 343 g/mol. The second-order valence-corrected chi connectivity index (χ2v) is 8.44. The highest BCUT2D eigenvalue weighted by molar-refractivity contribution is 7.99. The summed E-state index contributed by atoms with van der Waals surface area (Å²) in [5.41, 5.74) is 0. The van der Waals surface area contributed by atoms with E-state index >= 15 is 0 Å². The van der Waals surface area contributed by atoms with Crippen molar-refractivity contribution in [1.82, 2.24) is 0 Å². The Hall–Kier alpha value is -1.63. The van der Waals surface area contributed by atoms with Gasteiger partial charge in [-0.1, -0.05) is 48.0 Å². The van der Waals surface area contributed by atoms with Crippen LogP contribution in [0.3, 0.4) is 0 Å². The number of halogens is 1. The SMILES string of the molecule is O=S(=O)(/C=C(\Cl)S(=O)(=O)c1ccccc1)c1ccccc1. The van der Waals surface area contributed by atoms with Gasteiger partial charge in [0.1, 0.15) is 4.36 Å². The van der Waals surface area contributed by atoms with Crippen LogP contribution < -0.4 is 0 Å². The average Bonchev–Trinajstić information content (AvgIpc) is 2.48. The summed E-state index contributed by atoms with van der Waals surface area (Å²) >= 11 is 5.74. The molecule has 4 nitrogen and oxygen atoms in total. The summed E-state index contributed by atoms with van der Waals surface area (Å²) in [6.07, 6.45) is 0. The second-order valence-electron chi connectivity index (χ2n) is 4.10. The van der Waals surface area contributed by atoms with Gasteiger partial charge in [-0.25, -0.2) is 16.8 Å². The monoisotopic (exact) mass is 342 g/mol. The predicted molar refractivity (Wildman–Crippen MR) is 81.2 cm³/mol. The summed E-state index contributed by atoms with van der Waals surface area (Å²) in [4.78, 5) is -0.0825. The molecule has 0 saturated carbocycles. The van der Waals surface area contributed by atoms with Gasteiger partial charge < -0.3 is 0 Å². The lowest BCUT2D eigenvalue weighted by atomic mass is 10.4. The lowest BCUT2D eigenvalue weighted by Crippen LogP contribution is -2.04. The lowest BCUT2D eigenvalue weighted by Gasteiger charge is -2.03. The first-order valence-electron chi connectivity index (χ1n) is 5.81. The van der Waals surface area contributed by atoms with Gasteiger partial charge in [0.2, 0.25) is 19.7 Å². The van der Waals surface area contributed by atoms with E-state index in [1.54, 1.807) is 24.3 Å². The third-order valence-corrected chi connectivity index (χ3v) is 6.63. The molecule has 0 aromatic heterocycles. The fourth-order valence-electron chi connectivity index (χ4n) is 1.58. The second kappa shape index (κ2) is 6.01. The van der Waals surface area contributed by atoms with E-state index in [-0.39, 0.29) is 9.79 Å². The van der Waals surface area contributed by atoms with Gasteiger partial charge in [0.25, 0.3) is 0 Å². The molecular formula is C14H11ClO4S2. The number of sulfone groups is 2. The molecule has 21 heavy (non-hydrogen) atoms. The fourth-order valence-corrected chi connectivity index (χ4v) is 4.74. The molecule has 0 unspecified atom stereocenters. The molecule has 0 amide bonds. The molecule has 0 atom stereocenters. The topological polar surface area (TPSA) is 68.3 Å². The normalized spacial score (nSPS) is 13.1. The molecule has 7 heteroatoms. The minimum absolute atomic E-state index is 0.0218. The van der Waals surface area contributed by atoms with Gasteiger partial charge in [0.05, 0.1) is 15.2 Å². The zero-order valence-corrected chi connectivity index (χ0v) is 13.1. The van der Waals surface area contributed by atoms with Gasteiger partial charge in [-0.05, 0) is 24.3 Å². The Morgan fingerprint density at radius 3 is 1.67 bits per heavy atom. The largest absolute Gasteiger partial charge is 0.219 e. The maximum atomic E-state index is 12.2. The smallest absolute Gasteiger partial charge is 0.218 e. The summed E-state index contributed by atoms with van der Waals surface area (Å²) < 4.78 is 47.8. The number of hydrogen-bond donors (Lipinski definition) is 0. The first-order chi connectivity index (χ1) is 9.84. The van der Waals surface area contributed by atoms with Crippen molar-refractivity contribution in [2.24, 2.45) is 0 Å². The van der Waals surface area contributed by atoms with Crippen LogP contribution in [0, 0.1) is 0 Å². The van der Waals surface area contributed by atoms with Crippen LogP contribution in [-0.2, 0) is 19.7 Å².